The summed E-state index contributed by atoms with van der Waals surface area (Å²) in [6, 6.07) is 12.8. The third-order valence-electron chi connectivity index (χ3n) is 5.66. The van der Waals surface area contributed by atoms with Crippen molar-refractivity contribution >= 4 is 35.2 Å². The number of aliphatic hydroxyl groups is 1. The monoisotopic (exact) mass is 563 g/mol. The summed E-state index contributed by atoms with van der Waals surface area (Å²) in [7, 11) is 1.99. The lowest BCUT2D eigenvalue weighted by Gasteiger charge is -2.34. The van der Waals surface area contributed by atoms with E-state index in [1.807, 2.05) is 37.9 Å². The Balaban J connectivity index is 0. The Morgan fingerprint density at radius 1 is 1.10 bits per heavy atom. The first kappa shape index (κ1) is 38.7. The lowest BCUT2D eigenvalue weighted by molar-refractivity contribution is -0.117. The summed E-state index contributed by atoms with van der Waals surface area (Å²) in [5.41, 5.74) is 8.84. The maximum absolute atomic E-state index is 11.6. The van der Waals surface area contributed by atoms with Gasteiger partial charge in [0.15, 0.2) is 0 Å². The van der Waals surface area contributed by atoms with E-state index in [-0.39, 0.29) is 11.9 Å². The van der Waals surface area contributed by atoms with Crippen molar-refractivity contribution in [2.45, 2.75) is 87.1 Å². The van der Waals surface area contributed by atoms with E-state index in [1.54, 1.807) is 37.3 Å². The van der Waals surface area contributed by atoms with E-state index in [0.29, 0.717) is 18.1 Å². The van der Waals surface area contributed by atoms with Crippen LogP contribution < -0.4 is 16.0 Å². The third kappa shape index (κ3) is 18.5. The number of amides is 1. The molecule has 0 saturated heterocycles. The van der Waals surface area contributed by atoms with Gasteiger partial charge in [-0.05, 0) is 106 Å². The van der Waals surface area contributed by atoms with Gasteiger partial charge in [0.25, 0.3) is 0 Å². The number of nitrogens with zero attached hydrogens (tertiary/aromatic N) is 1. The Morgan fingerprint density at radius 2 is 1.67 bits per heavy atom. The molecule has 1 aliphatic heterocycles. The molecule has 0 spiro atoms. The van der Waals surface area contributed by atoms with Crippen molar-refractivity contribution in [2.75, 3.05) is 30.8 Å². The van der Waals surface area contributed by atoms with Crippen molar-refractivity contribution in [2.24, 2.45) is 11.8 Å². The fraction of sp³-hybridized carbons (Fsp3) is 0.562. The highest BCUT2D eigenvalue weighted by atomic mass is 35.5. The predicted molar refractivity (Wildman–Crippen MR) is 170 cm³/mol. The maximum Gasteiger partial charge on any atom is 0.224 e. The number of fused-ring (bicyclic) bond motifs is 1. The summed E-state index contributed by atoms with van der Waals surface area (Å²) < 4.78 is 0. The summed E-state index contributed by atoms with van der Waals surface area (Å²) in [5, 5.41) is 12.1. The quantitative estimate of drug-likeness (QED) is 0.251. The van der Waals surface area contributed by atoms with Crippen LogP contribution in [0.2, 0.25) is 5.02 Å². The van der Waals surface area contributed by atoms with Crippen molar-refractivity contribution in [1.29, 1.82) is 0 Å². The fourth-order valence-corrected chi connectivity index (χ4v) is 3.60. The molecule has 2 aromatic carbocycles. The molecule has 1 amide bonds. The van der Waals surface area contributed by atoms with Gasteiger partial charge in [-0.2, -0.15) is 0 Å². The van der Waals surface area contributed by atoms with Crippen molar-refractivity contribution in [3.05, 3.63) is 58.6 Å². The van der Waals surface area contributed by atoms with E-state index in [2.05, 4.69) is 39.9 Å². The number of rotatable bonds is 6. The van der Waals surface area contributed by atoms with Gasteiger partial charge in [-0.15, -0.1) is 0 Å². The molecule has 39 heavy (non-hydrogen) atoms. The zero-order chi connectivity index (χ0) is 30.4. The number of nitrogens with one attached hydrogen (secondary N) is 1. The summed E-state index contributed by atoms with van der Waals surface area (Å²) in [4.78, 5) is 24.1. The summed E-state index contributed by atoms with van der Waals surface area (Å²) in [5.74, 6) is 1.55. The number of benzene rings is 2. The SMILES string of the molecule is CC.CC(=O)N1c2ccc(C=O)cc2CC[C@@H]1C.CC(C)CCO.CNCCC(C)C.Nc1ccc(Cl)cc1. The highest BCUT2D eigenvalue weighted by Crippen LogP contribution is 2.31. The summed E-state index contributed by atoms with van der Waals surface area (Å²) >= 11 is 5.56. The topological polar surface area (TPSA) is 95.7 Å². The summed E-state index contributed by atoms with van der Waals surface area (Å²) in [6.45, 7) is 17.8. The number of aliphatic hydroxyl groups excluding tert-OH is 1. The largest absolute Gasteiger partial charge is 0.399 e. The van der Waals surface area contributed by atoms with Gasteiger partial charge < -0.3 is 21.1 Å². The molecule has 1 heterocycles. The van der Waals surface area contributed by atoms with E-state index in [9.17, 15) is 9.59 Å². The van der Waals surface area contributed by atoms with E-state index in [0.717, 1.165) is 60.0 Å². The minimum Gasteiger partial charge on any atom is -0.399 e. The molecule has 0 fully saturated rings. The van der Waals surface area contributed by atoms with Crippen LogP contribution in [0, 0.1) is 11.8 Å². The molecule has 3 rings (SSSR count). The normalized spacial score (nSPS) is 13.3. The Labute approximate surface area is 243 Å². The molecule has 6 nitrogen and oxygen atoms in total. The molecule has 0 unspecified atom stereocenters. The van der Waals surface area contributed by atoms with E-state index < -0.39 is 0 Å². The summed E-state index contributed by atoms with van der Waals surface area (Å²) in [6.07, 6.45) is 4.95. The van der Waals surface area contributed by atoms with Gasteiger partial charge >= 0.3 is 0 Å². The Kier molecular flexibility index (Phi) is 23.3. The van der Waals surface area contributed by atoms with Crippen LogP contribution in [-0.2, 0) is 11.2 Å². The van der Waals surface area contributed by atoms with Gasteiger partial charge in [0.1, 0.15) is 6.29 Å². The second kappa shape index (κ2) is 23.5. The first-order valence-corrected chi connectivity index (χ1v) is 14.5. The van der Waals surface area contributed by atoms with Crippen LogP contribution in [0.15, 0.2) is 42.5 Å². The highest BCUT2D eigenvalue weighted by molar-refractivity contribution is 6.30. The smallest absolute Gasteiger partial charge is 0.224 e. The van der Waals surface area contributed by atoms with Gasteiger partial charge in [0.05, 0.1) is 0 Å². The van der Waals surface area contributed by atoms with Crippen LogP contribution in [0.3, 0.4) is 0 Å². The minimum absolute atomic E-state index is 0.0623. The van der Waals surface area contributed by atoms with Gasteiger partial charge in [0, 0.05) is 41.5 Å². The third-order valence-corrected chi connectivity index (χ3v) is 5.91. The standard InChI is InChI=1S/C13H15NO2.C6H6ClN.C6H15N.C5H12O.C2H6/c1-9-3-5-12-7-11(8-15)4-6-13(12)14(9)10(2)16;7-5-1-3-6(8)4-2-5;1-6(2)4-5-7-3;1-5(2)3-4-6;1-2/h4,6-9H,3,5H2,1-2H3;1-4H,8H2;6-7H,4-5H2,1-3H3;5-6H,3-4H2,1-2H3;1-2H3/t9-;;;;/m0..../s1. The molecule has 7 heteroatoms. The number of aldehydes is 1. The number of aryl methyl sites for hydroxylation is 1. The highest BCUT2D eigenvalue weighted by Gasteiger charge is 2.25. The number of hydrogen-bond acceptors (Lipinski definition) is 5. The van der Waals surface area contributed by atoms with E-state index >= 15 is 0 Å². The fourth-order valence-electron chi connectivity index (χ4n) is 3.48. The molecule has 222 valence electrons. The molecule has 0 aromatic heterocycles. The van der Waals surface area contributed by atoms with Crippen molar-refractivity contribution in [3.63, 3.8) is 0 Å². The molecular formula is C32H54ClN3O3. The second-order valence-corrected chi connectivity index (χ2v) is 10.5. The maximum atomic E-state index is 11.6. The molecule has 1 aliphatic rings. The average Bonchev–Trinajstić information content (AvgIpc) is 2.90. The molecule has 0 bridgehead atoms. The van der Waals surface area contributed by atoms with Crippen molar-refractivity contribution < 1.29 is 14.7 Å². The number of carbonyl (C=O) groups excluding carboxylic acids is 2. The minimum atomic E-state index is 0.0623. The lowest BCUT2D eigenvalue weighted by Crippen LogP contribution is -2.40. The van der Waals surface area contributed by atoms with E-state index in [4.69, 9.17) is 22.4 Å². The molecule has 0 aliphatic carbocycles. The Bertz CT molecular complexity index is 881. The second-order valence-electron chi connectivity index (χ2n) is 10.0. The lowest BCUT2D eigenvalue weighted by atomic mass is 9.95. The first-order valence-electron chi connectivity index (χ1n) is 14.1. The van der Waals surface area contributed by atoms with Crippen LogP contribution in [0.25, 0.3) is 0 Å². The van der Waals surface area contributed by atoms with Gasteiger partial charge in [0.2, 0.25) is 5.91 Å². The van der Waals surface area contributed by atoms with Gasteiger partial charge in [-0.3, -0.25) is 9.59 Å². The predicted octanol–water partition coefficient (Wildman–Crippen LogP) is 7.41. The van der Waals surface area contributed by atoms with Gasteiger partial charge in [-0.1, -0.05) is 53.1 Å². The molecule has 2 aromatic rings. The number of anilines is 2. The first-order chi connectivity index (χ1) is 18.5. The Hall–Kier alpha value is -2.41. The number of nitrogen functional groups attached to an aromatic ring is 1. The van der Waals surface area contributed by atoms with Gasteiger partial charge in [-0.25, -0.2) is 0 Å². The van der Waals surface area contributed by atoms with Crippen molar-refractivity contribution in [3.8, 4) is 0 Å². The van der Waals surface area contributed by atoms with E-state index in [1.165, 1.54) is 6.42 Å². The zero-order valence-corrected chi connectivity index (χ0v) is 26.5. The van der Waals surface area contributed by atoms with Crippen LogP contribution in [-0.4, -0.2) is 43.5 Å². The average molecular weight is 564 g/mol. The number of nitrogens with two attached hydrogens (primary N) is 1. The number of halogens is 1. The molecule has 4 N–H and O–H groups in total. The zero-order valence-electron chi connectivity index (χ0n) is 25.8. The molecule has 0 saturated carbocycles. The van der Waals surface area contributed by atoms with Crippen molar-refractivity contribution in [1.82, 2.24) is 5.32 Å². The van der Waals surface area contributed by atoms with Crippen LogP contribution in [0.4, 0.5) is 11.4 Å². The van der Waals surface area contributed by atoms with Crippen LogP contribution >= 0.6 is 11.6 Å². The number of hydrogen-bond donors (Lipinski definition) is 3. The van der Waals surface area contributed by atoms with Crippen LogP contribution in [0.5, 0.6) is 0 Å². The molecule has 0 radical (unpaired) electrons. The molecular weight excluding hydrogens is 510 g/mol. The molecule has 1 atom stereocenters. The number of carbonyl (C=O) groups is 2. The Morgan fingerprint density at radius 3 is 2.03 bits per heavy atom. The van der Waals surface area contributed by atoms with Crippen LogP contribution in [0.1, 0.15) is 90.6 Å².